The van der Waals surface area contributed by atoms with Crippen LogP contribution in [0.1, 0.15) is 18.5 Å². The lowest BCUT2D eigenvalue weighted by Crippen LogP contribution is -2.08. The first kappa shape index (κ1) is 17.5. The normalized spacial score (nSPS) is 11.7. The van der Waals surface area contributed by atoms with E-state index in [1.807, 2.05) is 31.2 Å². The lowest BCUT2D eigenvalue weighted by molar-refractivity contribution is 0.373. The Kier molecular flexibility index (Phi) is 5.22. The van der Waals surface area contributed by atoms with Gasteiger partial charge in [0.2, 0.25) is 0 Å². The van der Waals surface area contributed by atoms with Gasteiger partial charge in [-0.25, -0.2) is 4.98 Å². The van der Waals surface area contributed by atoms with E-state index < -0.39 is 0 Å². The van der Waals surface area contributed by atoms with Crippen LogP contribution in [0.4, 0.5) is 5.82 Å². The Hall–Kier alpha value is -3.28. The van der Waals surface area contributed by atoms with Crippen molar-refractivity contribution in [2.75, 3.05) is 19.5 Å². The number of aromatic hydroxyl groups is 1. The summed E-state index contributed by atoms with van der Waals surface area (Å²) in [6.45, 7) is 2.05. The van der Waals surface area contributed by atoms with Gasteiger partial charge in [0.15, 0.2) is 11.5 Å². The molecule has 1 aromatic heterocycles. The Morgan fingerprint density at radius 3 is 2.65 bits per heavy atom. The van der Waals surface area contributed by atoms with Gasteiger partial charge in [0, 0.05) is 5.56 Å². The van der Waals surface area contributed by atoms with E-state index in [-0.39, 0.29) is 11.8 Å². The minimum absolute atomic E-state index is 0.0315. The lowest BCUT2D eigenvalue weighted by Gasteiger charge is -2.16. The maximum atomic E-state index is 9.74. The molecule has 0 unspecified atom stereocenters. The summed E-state index contributed by atoms with van der Waals surface area (Å²) in [6.07, 6.45) is 3.35. The number of hydrogen-bond donors (Lipinski definition) is 2. The zero-order valence-electron chi connectivity index (χ0n) is 14.9. The summed E-state index contributed by atoms with van der Waals surface area (Å²) < 4.78 is 10.4. The highest BCUT2D eigenvalue weighted by atomic mass is 16.5. The summed E-state index contributed by atoms with van der Waals surface area (Å²) in [4.78, 5) is 8.88. The summed E-state index contributed by atoms with van der Waals surface area (Å²) >= 11 is 0. The van der Waals surface area contributed by atoms with Gasteiger partial charge in [-0.3, -0.25) is 4.98 Å². The van der Waals surface area contributed by atoms with Crippen LogP contribution in [0.15, 0.2) is 54.9 Å². The van der Waals surface area contributed by atoms with Crippen molar-refractivity contribution in [2.45, 2.75) is 13.0 Å². The number of anilines is 1. The minimum Gasteiger partial charge on any atom is -0.504 e. The van der Waals surface area contributed by atoms with Gasteiger partial charge in [0.05, 0.1) is 38.3 Å². The Labute approximate surface area is 152 Å². The van der Waals surface area contributed by atoms with Crippen LogP contribution in [0.2, 0.25) is 0 Å². The zero-order valence-corrected chi connectivity index (χ0v) is 14.9. The molecule has 2 aromatic carbocycles. The molecule has 0 aliphatic carbocycles. The SMILES string of the molecule is COc1cccc([C@@H](C)Nc2cncc(-c3ccc(O)c(OC)c3)n2)c1. The van der Waals surface area contributed by atoms with E-state index in [0.29, 0.717) is 17.3 Å². The third-order valence-corrected chi connectivity index (χ3v) is 4.07. The average molecular weight is 351 g/mol. The van der Waals surface area contributed by atoms with Crippen molar-refractivity contribution in [2.24, 2.45) is 0 Å². The molecule has 1 heterocycles. The smallest absolute Gasteiger partial charge is 0.161 e. The standard InChI is InChI=1S/C20H21N3O3/c1-13(14-5-4-6-16(9-14)25-2)22-20-12-21-11-17(23-20)15-7-8-18(24)19(10-15)26-3/h4-13,24H,1-3H3,(H,22,23)/t13-/m1/s1. The Balaban J connectivity index is 1.83. The number of nitrogens with one attached hydrogen (secondary N) is 1. The van der Waals surface area contributed by atoms with Crippen LogP contribution in [0.5, 0.6) is 17.2 Å². The second-order valence-electron chi connectivity index (χ2n) is 5.82. The fraction of sp³-hybridized carbons (Fsp3) is 0.200. The van der Waals surface area contributed by atoms with Crippen LogP contribution < -0.4 is 14.8 Å². The summed E-state index contributed by atoms with van der Waals surface area (Å²) in [5, 5.41) is 13.1. The van der Waals surface area contributed by atoms with Gasteiger partial charge in [-0.2, -0.15) is 0 Å². The fourth-order valence-electron chi connectivity index (χ4n) is 2.63. The molecular weight excluding hydrogens is 330 g/mol. The van der Waals surface area contributed by atoms with Crippen LogP contribution in [0.25, 0.3) is 11.3 Å². The number of benzene rings is 2. The lowest BCUT2D eigenvalue weighted by atomic mass is 10.1. The van der Waals surface area contributed by atoms with E-state index in [9.17, 15) is 5.11 Å². The first-order chi connectivity index (χ1) is 12.6. The van der Waals surface area contributed by atoms with E-state index in [0.717, 1.165) is 16.9 Å². The highest BCUT2D eigenvalue weighted by Crippen LogP contribution is 2.31. The molecule has 0 saturated carbocycles. The molecule has 0 aliphatic heterocycles. The summed E-state index contributed by atoms with van der Waals surface area (Å²) in [5.74, 6) is 1.95. The summed E-state index contributed by atoms with van der Waals surface area (Å²) in [7, 11) is 3.16. The molecule has 0 spiro atoms. The molecular formula is C20H21N3O3. The number of nitrogens with zero attached hydrogens (tertiary/aromatic N) is 2. The number of phenols is 1. The van der Waals surface area contributed by atoms with E-state index >= 15 is 0 Å². The predicted octanol–water partition coefficient (Wildman–Crippen LogP) is 4.04. The van der Waals surface area contributed by atoms with Crippen LogP contribution in [-0.4, -0.2) is 29.3 Å². The molecule has 0 amide bonds. The van der Waals surface area contributed by atoms with Crippen molar-refractivity contribution in [3.8, 4) is 28.5 Å². The average Bonchev–Trinajstić information content (AvgIpc) is 2.68. The molecule has 6 nitrogen and oxygen atoms in total. The Morgan fingerprint density at radius 2 is 1.88 bits per heavy atom. The van der Waals surface area contributed by atoms with Crippen molar-refractivity contribution in [3.63, 3.8) is 0 Å². The van der Waals surface area contributed by atoms with Gasteiger partial charge in [0.1, 0.15) is 11.6 Å². The number of hydrogen-bond acceptors (Lipinski definition) is 6. The first-order valence-electron chi connectivity index (χ1n) is 8.20. The summed E-state index contributed by atoms with van der Waals surface area (Å²) in [5.41, 5.74) is 2.58. The monoisotopic (exact) mass is 351 g/mol. The quantitative estimate of drug-likeness (QED) is 0.698. The number of aromatic nitrogens is 2. The fourth-order valence-corrected chi connectivity index (χ4v) is 2.63. The van der Waals surface area contributed by atoms with Crippen molar-refractivity contribution < 1.29 is 14.6 Å². The molecule has 0 aliphatic rings. The second-order valence-corrected chi connectivity index (χ2v) is 5.82. The number of phenolic OH excluding ortho intramolecular Hbond substituents is 1. The van der Waals surface area contributed by atoms with E-state index in [2.05, 4.69) is 15.3 Å². The first-order valence-corrected chi connectivity index (χ1v) is 8.20. The number of ether oxygens (including phenoxy) is 2. The molecule has 6 heteroatoms. The second kappa shape index (κ2) is 7.74. The molecule has 1 atom stereocenters. The third-order valence-electron chi connectivity index (χ3n) is 4.07. The number of rotatable bonds is 6. The molecule has 134 valence electrons. The van der Waals surface area contributed by atoms with Crippen LogP contribution in [0, 0.1) is 0 Å². The van der Waals surface area contributed by atoms with Crippen LogP contribution >= 0.6 is 0 Å². The highest BCUT2D eigenvalue weighted by Gasteiger charge is 2.10. The highest BCUT2D eigenvalue weighted by molar-refractivity contribution is 5.64. The van der Waals surface area contributed by atoms with Gasteiger partial charge in [0.25, 0.3) is 0 Å². The van der Waals surface area contributed by atoms with Gasteiger partial charge in [-0.15, -0.1) is 0 Å². The van der Waals surface area contributed by atoms with Crippen molar-refractivity contribution in [1.29, 1.82) is 0 Å². The molecule has 0 bridgehead atoms. The van der Waals surface area contributed by atoms with Gasteiger partial charge in [-0.1, -0.05) is 12.1 Å². The third kappa shape index (κ3) is 3.85. The largest absolute Gasteiger partial charge is 0.504 e. The van der Waals surface area contributed by atoms with Crippen molar-refractivity contribution in [1.82, 2.24) is 9.97 Å². The van der Waals surface area contributed by atoms with E-state index in [4.69, 9.17) is 9.47 Å². The molecule has 3 aromatic rings. The van der Waals surface area contributed by atoms with Crippen LogP contribution in [0.3, 0.4) is 0 Å². The maximum Gasteiger partial charge on any atom is 0.161 e. The molecule has 2 N–H and O–H groups in total. The van der Waals surface area contributed by atoms with E-state index in [1.54, 1.807) is 37.7 Å². The number of methoxy groups -OCH3 is 2. The zero-order chi connectivity index (χ0) is 18.5. The molecule has 0 radical (unpaired) electrons. The van der Waals surface area contributed by atoms with Crippen LogP contribution in [-0.2, 0) is 0 Å². The van der Waals surface area contributed by atoms with E-state index in [1.165, 1.54) is 7.11 Å². The van der Waals surface area contributed by atoms with Gasteiger partial charge >= 0.3 is 0 Å². The van der Waals surface area contributed by atoms with Gasteiger partial charge in [-0.05, 0) is 42.8 Å². The maximum absolute atomic E-state index is 9.74. The van der Waals surface area contributed by atoms with Gasteiger partial charge < -0.3 is 19.9 Å². The minimum atomic E-state index is 0.0315. The van der Waals surface area contributed by atoms with Crippen molar-refractivity contribution in [3.05, 3.63) is 60.4 Å². The molecule has 0 saturated heterocycles. The van der Waals surface area contributed by atoms with Crippen molar-refractivity contribution >= 4 is 5.82 Å². The Morgan fingerprint density at radius 1 is 1.04 bits per heavy atom. The molecule has 0 fully saturated rings. The predicted molar refractivity (Wildman–Crippen MR) is 101 cm³/mol. The topological polar surface area (TPSA) is 76.5 Å². The Bertz CT molecular complexity index is 899. The molecule has 3 rings (SSSR count). The summed E-state index contributed by atoms with van der Waals surface area (Å²) in [6, 6.07) is 13.0. The molecule has 26 heavy (non-hydrogen) atoms.